The molecule has 9 nitrogen and oxygen atoms in total. The molecule has 42 heavy (non-hydrogen) atoms. The van der Waals surface area contributed by atoms with E-state index in [9.17, 15) is 14.4 Å². The highest BCUT2D eigenvalue weighted by atomic mass is 16.5. The van der Waals surface area contributed by atoms with Gasteiger partial charge in [0.1, 0.15) is 18.0 Å². The van der Waals surface area contributed by atoms with Gasteiger partial charge in [0.15, 0.2) is 6.61 Å². The van der Waals surface area contributed by atoms with E-state index in [1.165, 1.54) is 5.01 Å². The summed E-state index contributed by atoms with van der Waals surface area (Å²) in [7, 11) is 3.24. The number of nitrogens with one attached hydrogen (secondary N) is 1. The van der Waals surface area contributed by atoms with Gasteiger partial charge >= 0.3 is 5.97 Å². The third kappa shape index (κ3) is 6.52. The van der Waals surface area contributed by atoms with Crippen LogP contribution in [0.15, 0.2) is 89.5 Å². The van der Waals surface area contributed by atoms with Gasteiger partial charge in [-0.3, -0.25) is 14.4 Å². The Bertz CT molecular complexity index is 1480. The van der Waals surface area contributed by atoms with E-state index in [1.54, 1.807) is 44.6 Å². The highest BCUT2D eigenvalue weighted by Crippen LogP contribution is 2.44. The first-order valence-corrected chi connectivity index (χ1v) is 13.8. The Morgan fingerprint density at radius 2 is 1.60 bits per heavy atom. The number of fused-ring (bicyclic) bond motifs is 1. The zero-order valence-electron chi connectivity index (χ0n) is 23.6. The highest BCUT2D eigenvalue weighted by Gasteiger charge is 2.43. The molecule has 0 aromatic heterocycles. The Labute approximate surface area is 244 Å². The van der Waals surface area contributed by atoms with Crippen molar-refractivity contribution in [1.82, 2.24) is 10.3 Å². The lowest BCUT2D eigenvalue weighted by atomic mass is 9.77. The molecule has 2 atom stereocenters. The Morgan fingerprint density at radius 1 is 0.929 bits per heavy atom. The van der Waals surface area contributed by atoms with Gasteiger partial charge in [0.25, 0.3) is 11.8 Å². The Balaban J connectivity index is 1.33. The minimum Gasteiger partial charge on any atom is -0.497 e. The maximum atomic E-state index is 13.5. The number of hydrazone groups is 1. The molecule has 1 heterocycles. The SMILES string of the molecule is COc1ccc(/C=C2/CCC[C@H]3C2=NN(C(=O)COC(=O)CNC(=O)c2ccccc2)[C@H]3c2ccc(OC)cc2)cc1. The van der Waals surface area contributed by atoms with Crippen LogP contribution in [0.2, 0.25) is 0 Å². The fraction of sp³-hybridized carbons (Fsp3) is 0.273. The monoisotopic (exact) mass is 567 g/mol. The molecule has 0 saturated heterocycles. The van der Waals surface area contributed by atoms with Crippen LogP contribution in [0.3, 0.4) is 0 Å². The number of ether oxygens (including phenoxy) is 3. The number of allylic oxidation sites excluding steroid dienone is 1. The van der Waals surface area contributed by atoms with Crippen molar-refractivity contribution in [3.05, 3.63) is 101 Å². The summed E-state index contributed by atoms with van der Waals surface area (Å²) < 4.78 is 15.9. The van der Waals surface area contributed by atoms with Gasteiger partial charge in [-0.15, -0.1) is 0 Å². The quantitative estimate of drug-likeness (QED) is 0.373. The predicted molar refractivity (Wildman–Crippen MR) is 158 cm³/mol. The van der Waals surface area contributed by atoms with Gasteiger partial charge in [0.2, 0.25) is 0 Å². The van der Waals surface area contributed by atoms with Crippen LogP contribution in [-0.4, -0.2) is 55.9 Å². The summed E-state index contributed by atoms with van der Waals surface area (Å²) in [6, 6.07) is 23.6. The summed E-state index contributed by atoms with van der Waals surface area (Å²) in [6.45, 7) is -0.845. The van der Waals surface area contributed by atoms with Gasteiger partial charge in [0.05, 0.1) is 26.0 Å². The molecule has 1 aliphatic heterocycles. The van der Waals surface area contributed by atoms with Crippen molar-refractivity contribution >= 4 is 29.6 Å². The molecule has 2 amide bonds. The summed E-state index contributed by atoms with van der Waals surface area (Å²) in [4.78, 5) is 38.1. The lowest BCUT2D eigenvalue weighted by Crippen LogP contribution is -2.36. The van der Waals surface area contributed by atoms with Gasteiger partial charge in [-0.1, -0.05) is 42.5 Å². The average Bonchev–Trinajstić information content (AvgIpc) is 3.44. The van der Waals surface area contributed by atoms with Gasteiger partial charge in [0, 0.05) is 11.5 Å². The van der Waals surface area contributed by atoms with Crippen LogP contribution in [0, 0.1) is 5.92 Å². The van der Waals surface area contributed by atoms with E-state index in [4.69, 9.17) is 19.3 Å². The molecule has 1 N–H and O–H groups in total. The maximum Gasteiger partial charge on any atom is 0.325 e. The molecule has 3 aromatic rings. The fourth-order valence-corrected chi connectivity index (χ4v) is 5.35. The third-order valence-electron chi connectivity index (χ3n) is 7.46. The van der Waals surface area contributed by atoms with Crippen molar-refractivity contribution in [2.45, 2.75) is 25.3 Å². The number of nitrogens with zero attached hydrogens (tertiary/aromatic N) is 2. The minimum absolute atomic E-state index is 0.0125. The van der Waals surface area contributed by atoms with Crippen molar-refractivity contribution in [3.8, 4) is 11.5 Å². The zero-order valence-corrected chi connectivity index (χ0v) is 23.6. The van der Waals surface area contributed by atoms with E-state index in [1.807, 2.05) is 48.5 Å². The number of carbonyl (C=O) groups is 3. The van der Waals surface area contributed by atoms with E-state index in [0.717, 1.165) is 47.4 Å². The number of hydrogen-bond acceptors (Lipinski definition) is 7. The number of benzene rings is 3. The van der Waals surface area contributed by atoms with Gasteiger partial charge < -0.3 is 19.5 Å². The molecule has 0 spiro atoms. The van der Waals surface area contributed by atoms with Crippen LogP contribution in [-0.2, 0) is 14.3 Å². The van der Waals surface area contributed by atoms with Crippen molar-refractivity contribution in [2.75, 3.05) is 27.4 Å². The van der Waals surface area contributed by atoms with E-state index in [-0.39, 0.29) is 18.5 Å². The molecule has 3 aromatic carbocycles. The second-order valence-corrected chi connectivity index (χ2v) is 10.1. The van der Waals surface area contributed by atoms with Crippen molar-refractivity contribution < 1.29 is 28.6 Å². The number of hydrogen-bond donors (Lipinski definition) is 1. The summed E-state index contributed by atoms with van der Waals surface area (Å²) in [5.41, 5.74) is 4.31. The summed E-state index contributed by atoms with van der Waals surface area (Å²) in [5, 5.41) is 8.80. The normalized spacial score (nSPS) is 18.6. The minimum atomic E-state index is -0.710. The Morgan fingerprint density at radius 3 is 2.26 bits per heavy atom. The molecule has 5 rings (SSSR count). The van der Waals surface area contributed by atoms with E-state index < -0.39 is 24.4 Å². The smallest absolute Gasteiger partial charge is 0.325 e. The molecule has 1 fully saturated rings. The van der Waals surface area contributed by atoms with E-state index in [0.29, 0.717) is 11.3 Å². The topological polar surface area (TPSA) is 107 Å². The molecule has 0 radical (unpaired) electrons. The van der Waals surface area contributed by atoms with Crippen LogP contribution in [0.25, 0.3) is 6.08 Å². The molecular weight excluding hydrogens is 534 g/mol. The molecule has 1 saturated carbocycles. The van der Waals surface area contributed by atoms with E-state index in [2.05, 4.69) is 11.4 Å². The number of rotatable bonds is 9. The van der Waals surface area contributed by atoms with Crippen molar-refractivity contribution in [3.63, 3.8) is 0 Å². The molecular formula is C33H33N3O6. The second-order valence-electron chi connectivity index (χ2n) is 10.1. The number of esters is 1. The Hall–Kier alpha value is -4.92. The number of carbonyl (C=O) groups excluding carboxylic acids is 3. The molecule has 0 bridgehead atoms. The maximum absolute atomic E-state index is 13.5. The van der Waals surface area contributed by atoms with Gasteiger partial charge in [-0.25, -0.2) is 5.01 Å². The van der Waals surface area contributed by atoms with Crippen LogP contribution < -0.4 is 14.8 Å². The second kappa shape index (κ2) is 13.2. The molecule has 9 heteroatoms. The van der Waals surface area contributed by atoms with Crippen LogP contribution in [0.4, 0.5) is 0 Å². The standard InChI is InChI=1S/C33H33N3O6/c1-40-26-15-11-22(12-16-26)19-25-9-6-10-28-31(25)35-36(32(28)23-13-17-27(41-2)18-14-23)29(37)21-42-30(38)20-34-33(39)24-7-4-3-5-8-24/h3-5,7-8,11-19,28,32H,6,9-10,20-21H2,1-2H3,(H,34,39)/b25-19-/t28-,32-/m0/s1. The molecule has 216 valence electrons. The first-order chi connectivity index (χ1) is 20.5. The number of methoxy groups -OCH3 is 2. The first-order valence-electron chi connectivity index (χ1n) is 13.8. The average molecular weight is 568 g/mol. The van der Waals surface area contributed by atoms with Gasteiger partial charge in [-0.05, 0) is 78.4 Å². The summed E-state index contributed by atoms with van der Waals surface area (Å²) in [6.07, 6.45) is 4.77. The fourth-order valence-electron chi connectivity index (χ4n) is 5.35. The van der Waals surface area contributed by atoms with Crippen molar-refractivity contribution in [2.24, 2.45) is 11.0 Å². The lowest BCUT2D eigenvalue weighted by molar-refractivity contribution is -0.152. The first kappa shape index (κ1) is 28.6. The zero-order chi connectivity index (χ0) is 29.5. The highest BCUT2D eigenvalue weighted by molar-refractivity contribution is 6.08. The Kier molecular flexibility index (Phi) is 8.96. The van der Waals surface area contributed by atoms with Crippen molar-refractivity contribution in [1.29, 1.82) is 0 Å². The lowest BCUT2D eigenvalue weighted by Gasteiger charge is -2.29. The third-order valence-corrected chi connectivity index (χ3v) is 7.46. The van der Waals surface area contributed by atoms with Crippen LogP contribution in [0.5, 0.6) is 11.5 Å². The summed E-state index contributed by atoms with van der Waals surface area (Å²) in [5.74, 6) is -0.0679. The number of amides is 2. The van der Waals surface area contributed by atoms with Crippen LogP contribution in [0.1, 0.15) is 46.8 Å². The largest absolute Gasteiger partial charge is 0.497 e. The summed E-state index contributed by atoms with van der Waals surface area (Å²) >= 11 is 0. The van der Waals surface area contributed by atoms with Gasteiger partial charge in [-0.2, -0.15) is 5.10 Å². The predicted octanol–water partition coefficient (Wildman–Crippen LogP) is 4.80. The van der Waals surface area contributed by atoms with Crippen LogP contribution >= 0.6 is 0 Å². The molecule has 0 unspecified atom stereocenters. The molecule has 1 aliphatic carbocycles. The van der Waals surface area contributed by atoms with E-state index >= 15 is 0 Å². The molecule has 2 aliphatic rings.